The van der Waals surface area contributed by atoms with E-state index in [9.17, 15) is 20.1 Å². The Labute approximate surface area is 445 Å². The van der Waals surface area contributed by atoms with Crippen LogP contribution in [0.2, 0.25) is 0 Å². The Kier molecular flexibility index (Phi) is 60.4. The zero-order valence-corrected chi connectivity index (χ0v) is 48.4. The van der Waals surface area contributed by atoms with Crippen molar-refractivity contribution in [2.24, 2.45) is 0 Å². The van der Waals surface area contributed by atoms with Crippen LogP contribution < -0.4 is 5.32 Å². The highest BCUT2D eigenvalue weighted by atomic mass is 16.3. The second kappa shape index (κ2) is 61.4. The summed E-state index contributed by atoms with van der Waals surface area (Å²) in [5.74, 6) is -0.137. The number of unbranched alkanes of at least 4 members (excludes halogenated alkanes) is 49. The Morgan fingerprint density at radius 3 is 0.887 bits per heavy atom. The first-order chi connectivity index (χ1) is 35.1. The van der Waals surface area contributed by atoms with Gasteiger partial charge in [-0.1, -0.05) is 340 Å². The zero-order chi connectivity index (χ0) is 51.4. The fourth-order valence-corrected chi connectivity index (χ4v) is 10.6. The summed E-state index contributed by atoms with van der Waals surface area (Å²) in [6.07, 6.45) is 79.4. The van der Waals surface area contributed by atoms with Crippen molar-refractivity contribution >= 4 is 5.91 Å². The molecule has 0 radical (unpaired) electrons. The predicted molar refractivity (Wildman–Crippen MR) is 315 cm³/mol. The second-order valence-corrected chi connectivity index (χ2v) is 22.7. The Morgan fingerprint density at radius 2 is 0.606 bits per heavy atom. The Balaban J connectivity index is 3.47. The van der Waals surface area contributed by atoms with Crippen molar-refractivity contribution in [1.29, 1.82) is 0 Å². The van der Waals surface area contributed by atoms with Crippen LogP contribution in [0.1, 0.15) is 367 Å². The van der Waals surface area contributed by atoms with Crippen LogP contribution in [0.4, 0.5) is 0 Å². The number of rotatable bonds is 61. The smallest absolute Gasteiger partial charge is 0.220 e. The van der Waals surface area contributed by atoms with E-state index in [0.29, 0.717) is 12.8 Å². The third-order valence-electron chi connectivity index (χ3n) is 15.6. The Morgan fingerprint density at radius 1 is 0.352 bits per heavy atom. The number of hydrogen-bond donors (Lipinski definition) is 4. The third-order valence-corrected chi connectivity index (χ3v) is 15.6. The molecule has 0 saturated heterocycles. The first-order valence-electron chi connectivity index (χ1n) is 32.6. The summed E-state index contributed by atoms with van der Waals surface area (Å²) >= 11 is 0. The first-order valence-corrected chi connectivity index (χ1v) is 32.6. The van der Waals surface area contributed by atoms with E-state index < -0.39 is 18.2 Å². The van der Waals surface area contributed by atoms with E-state index >= 15 is 0 Å². The first kappa shape index (κ1) is 69.8. The molecular weight excluding hydrogens is 871 g/mol. The summed E-state index contributed by atoms with van der Waals surface area (Å²) in [6, 6.07) is -0.809. The molecule has 0 aliphatic carbocycles. The molecule has 0 heterocycles. The third kappa shape index (κ3) is 56.4. The molecule has 5 heteroatoms. The molecule has 0 spiro atoms. The summed E-state index contributed by atoms with van der Waals surface area (Å²) in [5.41, 5.74) is 0. The summed E-state index contributed by atoms with van der Waals surface area (Å²) in [5, 5.41) is 33.9. The summed E-state index contributed by atoms with van der Waals surface area (Å²) in [4.78, 5) is 12.6. The van der Waals surface area contributed by atoms with Crippen molar-refractivity contribution < 1.29 is 20.1 Å². The molecule has 3 atom stereocenters. The second-order valence-electron chi connectivity index (χ2n) is 22.7. The molecule has 0 aromatic rings. The van der Waals surface area contributed by atoms with E-state index in [1.54, 1.807) is 0 Å². The van der Waals surface area contributed by atoms with Gasteiger partial charge >= 0.3 is 0 Å². The van der Waals surface area contributed by atoms with Gasteiger partial charge in [0.2, 0.25) is 5.91 Å². The van der Waals surface area contributed by atoms with Gasteiger partial charge < -0.3 is 20.6 Å². The lowest BCUT2D eigenvalue weighted by molar-refractivity contribution is -0.124. The average Bonchev–Trinajstić information content (AvgIpc) is 3.37. The number of hydrogen-bond acceptors (Lipinski definition) is 4. The molecule has 0 rings (SSSR count). The van der Waals surface area contributed by atoms with Crippen LogP contribution in [0, 0.1) is 0 Å². The van der Waals surface area contributed by atoms with Gasteiger partial charge in [-0.05, 0) is 44.9 Å². The largest absolute Gasteiger partial charge is 0.394 e. The summed E-state index contributed by atoms with van der Waals surface area (Å²) in [7, 11) is 0. The molecule has 422 valence electrons. The molecule has 4 N–H and O–H groups in total. The SMILES string of the molecule is CCCCCCCCCCCCC/C=C\C/C=C\CCCCCCCCCCCCCCCCCCCC(=O)NC(CO)C(O)C(O)CCCCCCCCCCCCCCCCCCCCCCCC. The topological polar surface area (TPSA) is 89.8 Å². The van der Waals surface area contributed by atoms with Gasteiger partial charge in [0.25, 0.3) is 0 Å². The maximum atomic E-state index is 12.6. The standard InChI is InChI=1S/C66H129NO4/c1-3-5-7-9-11-13-15-17-19-21-23-25-27-28-29-30-31-32-33-34-35-36-37-38-39-41-43-45-47-49-51-53-55-57-59-61-65(70)67-63(62-68)66(71)64(69)60-58-56-54-52-50-48-46-44-42-40-26-24-22-20-18-16-14-12-10-8-6-4-2/h27-28,30-31,63-64,66,68-69,71H,3-26,29,32-62H2,1-2H3,(H,67,70)/b28-27-,31-30-. The van der Waals surface area contributed by atoms with Crippen molar-refractivity contribution in [3.8, 4) is 0 Å². The van der Waals surface area contributed by atoms with Crippen molar-refractivity contribution in [2.45, 2.75) is 385 Å². The molecule has 1 amide bonds. The van der Waals surface area contributed by atoms with E-state index in [1.807, 2.05) is 0 Å². The molecule has 0 bridgehead atoms. The fourth-order valence-electron chi connectivity index (χ4n) is 10.6. The Bertz CT molecular complexity index is 1060. The number of aliphatic hydroxyl groups is 3. The molecule has 0 fully saturated rings. The van der Waals surface area contributed by atoms with Gasteiger partial charge in [0.05, 0.1) is 18.8 Å². The number of amides is 1. The minimum Gasteiger partial charge on any atom is -0.394 e. The van der Waals surface area contributed by atoms with Crippen LogP contribution >= 0.6 is 0 Å². The summed E-state index contributed by atoms with van der Waals surface area (Å²) in [6.45, 7) is 4.23. The van der Waals surface area contributed by atoms with E-state index in [-0.39, 0.29) is 12.5 Å². The van der Waals surface area contributed by atoms with Gasteiger partial charge in [0.1, 0.15) is 6.10 Å². The normalized spacial score (nSPS) is 13.3. The molecular formula is C66H129NO4. The molecule has 0 saturated carbocycles. The van der Waals surface area contributed by atoms with Crippen molar-refractivity contribution in [2.75, 3.05) is 6.61 Å². The van der Waals surface area contributed by atoms with Crippen LogP contribution in [0.5, 0.6) is 0 Å². The van der Waals surface area contributed by atoms with E-state index in [1.165, 1.54) is 302 Å². The molecule has 3 unspecified atom stereocenters. The number of allylic oxidation sites excluding steroid dienone is 4. The molecule has 5 nitrogen and oxygen atoms in total. The molecule has 71 heavy (non-hydrogen) atoms. The number of aliphatic hydroxyl groups excluding tert-OH is 3. The monoisotopic (exact) mass is 1000 g/mol. The maximum Gasteiger partial charge on any atom is 0.220 e. The molecule has 0 aliphatic heterocycles. The number of carbonyl (C=O) groups is 1. The van der Waals surface area contributed by atoms with Gasteiger partial charge in [0, 0.05) is 6.42 Å². The van der Waals surface area contributed by atoms with Crippen LogP contribution in [0.3, 0.4) is 0 Å². The zero-order valence-electron chi connectivity index (χ0n) is 48.4. The highest BCUT2D eigenvalue weighted by Gasteiger charge is 2.26. The molecule has 0 aliphatic rings. The van der Waals surface area contributed by atoms with Crippen LogP contribution in [-0.2, 0) is 4.79 Å². The quantitative estimate of drug-likeness (QED) is 0.0361. The van der Waals surface area contributed by atoms with Gasteiger partial charge in [-0.3, -0.25) is 4.79 Å². The minimum atomic E-state index is -1.14. The predicted octanol–water partition coefficient (Wildman–Crippen LogP) is 20.8. The van der Waals surface area contributed by atoms with Crippen LogP contribution in [0.15, 0.2) is 24.3 Å². The van der Waals surface area contributed by atoms with Gasteiger partial charge in [-0.15, -0.1) is 0 Å². The van der Waals surface area contributed by atoms with Gasteiger partial charge in [-0.25, -0.2) is 0 Å². The van der Waals surface area contributed by atoms with E-state index in [0.717, 1.165) is 38.5 Å². The van der Waals surface area contributed by atoms with Crippen LogP contribution in [0.25, 0.3) is 0 Å². The van der Waals surface area contributed by atoms with Crippen LogP contribution in [-0.4, -0.2) is 46.1 Å². The summed E-state index contributed by atoms with van der Waals surface area (Å²) < 4.78 is 0. The maximum absolute atomic E-state index is 12.6. The lowest BCUT2D eigenvalue weighted by Gasteiger charge is -2.26. The molecule has 0 aromatic heterocycles. The molecule has 0 aromatic carbocycles. The Hall–Kier alpha value is -1.17. The van der Waals surface area contributed by atoms with Crippen molar-refractivity contribution in [3.05, 3.63) is 24.3 Å². The van der Waals surface area contributed by atoms with E-state index in [2.05, 4.69) is 43.5 Å². The average molecular weight is 1000 g/mol. The fraction of sp³-hybridized carbons (Fsp3) is 0.924. The van der Waals surface area contributed by atoms with E-state index in [4.69, 9.17) is 0 Å². The highest BCUT2D eigenvalue weighted by Crippen LogP contribution is 2.19. The lowest BCUT2D eigenvalue weighted by Crippen LogP contribution is -2.50. The van der Waals surface area contributed by atoms with Gasteiger partial charge in [-0.2, -0.15) is 0 Å². The van der Waals surface area contributed by atoms with Crippen molar-refractivity contribution in [3.63, 3.8) is 0 Å². The van der Waals surface area contributed by atoms with Gasteiger partial charge in [0.15, 0.2) is 0 Å². The highest BCUT2D eigenvalue weighted by molar-refractivity contribution is 5.76. The minimum absolute atomic E-state index is 0.137. The number of carbonyl (C=O) groups excluding carboxylic acids is 1. The van der Waals surface area contributed by atoms with Crippen molar-refractivity contribution in [1.82, 2.24) is 5.32 Å². The lowest BCUT2D eigenvalue weighted by atomic mass is 9.99. The number of nitrogens with one attached hydrogen (secondary N) is 1.